The molecule has 0 unspecified atom stereocenters. The molecule has 1 fully saturated rings. The first kappa shape index (κ1) is 15.2. The average molecular weight is 348 g/mol. The Balaban J connectivity index is 1.55. The Hall–Kier alpha value is -1.31. The number of ether oxygens (including phenoxy) is 1. The highest BCUT2D eigenvalue weighted by molar-refractivity contribution is 7.98. The molecule has 1 spiro atoms. The molecule has 0 radical (unpaired) electrons. The third kappa shape index (κ3) is 2.70. The van der Waals surface area contributed by atoms with Crippen LogP contribution in [0, 0.1) is 0 Å². The minimum Gasteiger partial charge on any atom is -0.383 e. The Morgan fingerprint density at radius 3 is 2.96 bits per heavy atom. The summed E-state index contributed by atoms with van der Waals surface area (Å²) in [5.74, 6) is 1.46. The van der Waals surface area contributed by atoms with Crippen LogP contribution < -0.4 is 10.6 Å². The lowest BCUT2D eigenvalue weighted by molar-refractivity contribution is -0.0757. The van der Waals surface area contributed by atoms with Gasteiger partial charge < -0.3 is 15.4 Å². The largest absolute Gasteiger partial charge is 0.383 e. The molecule has 2 aromatic rings. The molecule has 122 valence electrons. The van der Waals surface area contributed by atoms with Crippen LogP contribution in [-0.2, 0) is 16.8 Å². The van der Waals surface area contributed by atoms with Crippen LogP contribution in [-0.4, -0.2) is 35.9 Å². The van der Waals surface area contributed by atoms with Gasteiger partial charge in [0.05, 0.1) is 12.2 Å². The lowest BCUT2D eigenvalue weighted by Crippen LogP contribution is -2.46. The Labute approximate surface area is 144 Å². The van der Waals surface area contributed by atoms with Gasteiger partial charge in [0.1, 0.15) is 11.6 Å². The molecule has 2 aliphatic heterocycles. The topological polar surface area (TPSA) is 64.3 Å². The monoisotopic (exact) mass is 348 g/mol. The molecule has 0 aliphatic carbocycles. The van der Waals surface area contributed by atoms with E-state index >= 15 is 0 Å². The van der Waals surface area contributed by atoms with E-state index in [1.807, 2.05) is 23.7 Å². The third-order valence-corrected chi connectivity index (χ3v) is 6.26. The summed E-state index contributed by atoms with van der Waals surface area (Å²) in [4.78, 5) is 12.6. The van der Waals surface area contributed by atoms with Crippen molar-refractivity contribution in [1.82, 2.24) is 9.97 Å². The minimum atomic E-state index is -0.0923. The van der Waals surface area contributed by atoms with E-state index < -0.39 is 0 Å². The van der Waals surface area contributed by atoms with Gasteiger partial charge in [0.15, 0.2) is 5.16 Å². The van der Waals surface area contributed by atoms with Gasteiger partial charge in [0.2, 0.25) is 0 Å². The molecule has 0 aromatic carbocycles. The summed E-state index contributed by atoms with van der Waals surface area (Å²) in [5.41, 5.74) is 7.24. The fourth-order valence-electron chi connectivity index (χ4n) is 3.55. The second-order valence-corrected chi connectivity index (χ2v) is 7.75. The Bertz CT molecular complexity index is 710. The number of rotatable bonds is 2. The quantitative estimate of drug-likeness (QED) is 0.665. The van der Waals surface area contributed by atoms with Gasteiger partial charge in [-0.3, -0.25) is 0 Å². The van der Waals surface area contributed by atoms with Crippen LogP contribution >= 0.6 is 23.1 Å². The van der Waals surface area contributed by atoms with Gasteiger partial charge in [-0.15, -0.1) is 11.3 Å². The summed E-state index contributed by atoms with van der Waals surface area (Å²) in [6, 6.07) is 4.12. The second-order valence-electron chi connectivity index (χ2n) is 5.97. The number of thiophene rings is 1. The number of nitrogens with zero attached hydrogens (tertiary/aromatic N) is 3. The molecule has 4 rings (SSSR count). The molecule has 2 aliphatic rings. The van der Waals surface area contributed by atoms with Crippen LogP contribution in [0.3, 0.4) is 0 Å². The number of anilines is 2. The van der Waals surface area contributed by atoms with Gasteiger partial charge in [0, 0.05) is 30.5 Å². The number of nitrogen functional groups attached to an aromatic ring is 1. The van der Waals surface area contributed by atoms with Crippen LogP contribution in [0.5, 0.6) is 0 Å². The molecular formula is C16H20N4OS2. The molecule has 2 aromatic heterocycles. The fourth-order valence-corrected chi connectivity index (χ4v) is 4.88. The van der Waals surface area contributed by atoms with Crippen LogP contribution in [0.4, 0.5) is 11.6 Å². The number of hydrogen-bond acceptors (Lipinski definition) is 7. The van der Waals surface area contributed by atoms with Gasteiger partial charge in [-0.25, -0.2) is 9.97 Å². The molecular weight excluding hydrogens is 328 g/mol. The summed E-state index contributed by atoms with van der Waals surface area (Å²) in [5, 5.41) is 2.93. The first-order valence-corrected chi connectivity index (χ1v) is 9.95. The van der Waals surface area contributed by atoms with Crippen molar-refractivity contribution >= 4 is 34.7 Å². The maximum Gasteiger partial charge on any atom is 0.191 e. The average Bonchev–Trinajstić information content (AvgIpc) is 3.05. The van der Waals surface area contributed by atoms with Crippen LogP contribution in [0.15, 0.2) is 22.7 Å². The van der Waals surface area contributed by atoms with E-state index in [1.165, 1.54) is 22.2 Å². The van der Waals surface area contributed by atoms with Crippen molar-refractivity contribution in [3.05, 3.63) is 28.0 Å². The zero-order valence-corrected chi connectivity index (χ0v) is 14.8. The number of thioether (sulfide) groups is 1. The van der Waals surface area contributed by atoms with Gasteiger partial charge in [-0.1, -0.05) is 11.8 Å². The first-order valence-electron chi connectivity index (χ1n) is 7.84. The number of fused-ring (bicyclic) bond motifs is 2. The summed E-state index contributed by atoms with van der Waals surface area (Å²) in [6.07, 6.45) is 5.01. The van der Waals surface area contributed by atoms with Gasteiger partial charge in [-0.2, -0.15) is 0 Å². The van der Waals surface area contributed by atoms with Crippen molar-refractivity contribution in [1.29, 1.82) is 0 Å². The van der Waals surface area contributed by atoms with Crippen molar-refractivity contribution in [2.24, 2.45) is 0 Å². The number of piperidine rings is 1. The van der Waals surface area contributed by atoms with E-state index in [1.54, 1.807) is 0 Å². The Morgan fingerprint density at radius 1 is 1.35 bits per heavy atom. The maximum atomic E-state index is 6.26. The summed E-state index contributed by atoms with van der Waals surface area (Å²) < 4.78 is 6.26. The lowest BCUT2D eigenvalue weighted by atomic mass is 9.82. The summed E-state index contributed by atoms with van der Waals surface area (Å²) in [7, 11) is 0. The van der Waals surface area contributed by atoms with Gasteiger partial charge in [-0.05, 0) is 36.1 Å². The van der Waals surface area contributed by atoms with E-state index in [4.69, 9.17) is 10.5 Å². The second kappa shape index (κ2) is 5.96. The molecule has 1 saturated heterocycles. The third-order valence-electron chi connectivity index (χ3n) is 4.73. The van der Waals surface area contributed by atoms with Crippen LogP contribution in [0.2, 0.25) is 0 Å². The number of nitrogens with two attached hydrogens (primary N) is 1. The van der Waals surface area contributed by atoms with E-state index in [2.05, 4.69) is 26.3 Å². The Kier molecular flexibility index (Phi) is 3.95. The summed E-state index contributed by atoms with van der Waals surface area (Å²) in [6.45, 7) is 2.70. The predicted molar refractivity (Wildman–Crippen MR) is 95.3 cm³/mol. The lowest BCUT2D eigenvalue weighted by Gasteiger charge is -2.44. The molecule has 7 heteroatoms. The Morgan fingerprint density at radius 2 is 2.17 bits per heavy atom. The van der Waals surface area contributed by atoms with Crippen molar-refractivity contribution in [3.8, 4) is 0 Å². The van der Waals surface area contributed by atoms with E-state index in [0.29, 0.717) is 5.82 Å². The molecule has 0 amide bonds. The highest BCUT2D eigenvalue weighted by Crippen LogP contribution is 2.43. The van der Waals surface area contributed by atoms with Gasteiger partial charge >= 0.3 is 0 Å². The minimum absolute atomic E-state index is 0.0923. The SMILES string of the molecule is CSc1nc(N)cc(N2CCC3(CC2)OCCc2sccc23)n1. The van der Waals surface area contributed by atoms with Gasteiger partial charge in [0.25, 0.3) is 0 Å². The highest BCUT2D eigenvalue weighted by Gasteiger charge is 2.41. The zero-order valence-electron chi connectivity index (χ0n) is 13.1. The van der Waals surface area contributed by atoms with Crippen molar-refractivity contribution in [2.45, 2.75) is 30.0 Å². The van der Waals surface area contributed by atoms with E-state index in [-0.39, 0.29) is 5.60 Å². The van der Waals surface area contributed by atoms with Crippen molar-refractivity contribution in [3.63, 3.8) is 0 Å². The highest BCUT2D eigenvalue weighted by atomic mass is 32.2. The first-order chi connectivity index (χ1) is 11.2. The molecule has 0 bridgehead atoms. The zero-order chi connectivity index (χ0) is 15.9. The van der Waals surface area contributed by atoms with E-state index in [9.17, 15) is 0 Å². The van der Waals surface area contributed by atoms with E-state index in [0.717, 1.165) is 49.9 Å². The summed E-state index contributed by atoms with van der Waals surface area (Å²) >= 11 is 3.39. The standard InChI is InChI=1S/C16H20N4OS2/c1-22-15-18-13(17)10-14(19-15)20-6-4-16(5-7-20)11-3-9-23-12(11)2-8-21-16/h3,9-10H,2,4-8H2,1H3,(H2,17,18,19). The normalized spacial score (nSPS) is 19.8. The smallest absolute Gasteiger partial charge is 0.191 e. The number of hydrogen-bond donors (Lipinski definition) is 1. The molecule has 2 N–H and O–H groups in total. The molecule has 5 nitrogen and oxygen atoms in total. The predicted octanol–water partition coefficient (Wildman–Crippen LogP) is 2.91. The number of aromatic nitrogens is 2. The van der Waals surface area contributed by atoms with Crippen LogP contribution in [0.1, 0.15) is 23.3 Å². The molecule has 0 atom stereocenters. The molecule has 23 heavy (non-hydrogen) atoms. The fraction of sp³-hybridized carbons (Fsp3) is 0.500. The molecule has 4 heterocycles. The van der Waals surface area contributed by atoms with Crippen molar-refractivity contribution in [2.75, 3.05) is 36.6 Å². The van der Waals surface area contributed by atoms with Crippen LogP contribution in [0.25, 0.3) is 0 Å². The van der Waals surface area contributed by atoms with Crippen molar-refractivity contribution < 1.29 is 4.74 Å². The molecule has 0 saturated carbocycles. The maximum absolute atomic E-state index is 6.26.